The number of amides is 1. The van der Waals surface area contributed by atoms with Gasteiger partial charge in [0.05, 0.1) is 0 Å². The molecule has 0 aromatic carbocycles. The molecule has 1 aromatic rings. The summed E-state index contributed by atoms with van der Waals surface area (Å²) < 4.78 is 21.1. The first-order valence-corrected chi connectivity index (χ1v) is 6.08. The van der Waals surface area contributed by atoms with Crippen LogP contribution in [-0.2, 0) is 13.8 Å². The summed E-state index contributed by atoms with van der Waals surface area (Å²) in [4.78, 5) is 10.5. The maximum Gasteiger partial charge on any atom is 0.290 e. The molecule has 80 valence electrons. The maximum absolute atomic E-state index is 10.7. The van der Waals surface area contributed by atoms with E-state index in [4.69, 9.17) is 10.7 Å². The van der Waals surface area contributed by atoms with E-state index in [1.54, 1.807) is 0 Å². The first-order chi connectivity index (χ1) is 5.89. The van der Waals surface area contributed by atoms with Crippen LogP contribution in [0.4, 0.5) is 5.13 Å². The number of halogens is 2. The van der Waals surface area contributed by atoms with E-state index in [0.717, 1.165) is 0 Å². The molecule has 0 saturated heterocycles. The number of hydrogen-bond acceptors (Lipinski definition) is 6. The zero-order valence-corrected chi connectivity index (χ0v) is 9.93. The van der Waals surface area contributed by atoms with Crippen LogP contribution < -0.4 is 5.32 Å². The zero-order valence-electron chi connectivity index (χ0n) is 6.72. The fourth-order valence-corrected chi connectivity index (χ4v) is 2.18. The van der Waals surface area contributed by atoms with E-state index < -0.39 is 9.05 Å². The minimum atomic E-state index is -3.85. The lowest BCUT2D eigenvalue weighted by Gasteiger charge is -1.90. The van der Waals surface area contributed by atoms with Gasteiger partial charge in [-0.1, -0.05) is 11.3 Å². The molecule has 0 saturated carbocycles. The van der Waals surface area contributed by atoms with Crippen LogP contribution in [0.1, 0.15) is 6.92 Å². The normalized spacial score (nSPS) is 10.4. The Morgan fingerprint density at radius 2 is 2.07 bits per heavy atom. The third kappa shape index (κ3) is 3.74. The Hall–Kier alpha value is -0.440. The SMILES string of the molecule is CC(=O)Nc1nnc(S(=O)(=O)Cl)s1.Cl. The van der Waals surface area contributed by atoms with Crippen molar-refractivity contribution in [2.45, 2.75) is 11.3 Å². The minimum Gasteiger partial charge on any atom is -0.301 e. The van der Waals surface area contributed by atoms with Crippen molar-refractivity contribution in [3.05, 3.63) is 0 Å². The fourth-order valence-electron chi connectivity index (χ4n) is 0.509. The zero-order chi connectivity index (χ0) is 10.1. The van der Waals surface area contributed by atoms with Crippen molar-refractivity contribution in [2.24, 2.45) is 0 Å². The highest BCUT2D eigenvalue weighted by Gasteiger charge is 2.16. The number of carbonyl (C=O) groups excluding carboxylic acids is 1. The van der Waals surface area contributed by atoms with Crippen molar-refractivity contribution in [3.63, 3.8) is 0 Å². The van der Waals surface area contributed by atoms with Crippen LogP contribution in [0.15, 0.2) is 4.34 Å². The molecule has 0 unspecified atom stereocenters. The van der Waals surface area contributed by atoms with Crippen LogP contribution in [-0.4, -0.2) is 24.5 Å². The average molecular weight is 278 g/mol. The highest BCUT2D eigenvalue weighted by molar-refractivity contribution is 8.15. The standard InChI is InChI=1S/C4H4ClN3O3S2.ClH/c1-2(9)6-3-7-8-4(12-3)13(5,10)11;/h1H3,(H,6,7,9);1H. The average Bonchev–Trinajstić information content (AvgIpc) is 2.32. The first-order valence-electron chi connectivity index (χ1n) is 2.95. The summed E-state index contributed by atoms with van der Waals surface area (Å²) in [6.07, 6.45) is 0. The number of carbonyl (C=O) groups is 1. The molecule has 0 radical (unpaired) electrons. The molecular weight excluding hydrogens is 273 g/mol. The van der Waals surface area contributed by atoms with Gasteiger partial charge in [0.2, 0.25) is 15.4 Å². The summed E-state index contributed by atoms with van der Waals surface area (Å²) in [5.74, 6) is -0.352. The van der Waals surface area contributed by atoms with Crippen LogP contribution in [0, 0.1) is 0 Å². The number of nitrogens with zero attached hydrogens (tertiary/aromatic N) is 2. The Labute approximate surface area is 94.5 Å². The van der Waals surface area contributed by atoms with Gasteiger partial charge in [0.25, 0.3) is 9.05 Å². The lowest BCUT2D eigenvalue weighted by Crippen LogP contribution is -2.04. The predicted molar refractivity (Wildman–Crippen MR) is 54.5 cm³/mol. The molecule has 1 aromatic heterocycles. The van der Waals surface area contributed by atoms with Crippen LogP contribution in [0.25, 0.3) is 0 Å². The van der Waals surface area contributed by atoms with Crippen LogP contribution >= 0.6 is 34.4 Å². The van der Waals surface area contributed by atoms with E-state index in [9.17, 15) is 13.2 Å². The Balaban J connectivity index is 0.00000169. The molecule has 0 atom stereocenters. The van der Waals surface area contributed by atoms with Crippen molar-refractivity contribution in [3.8, 4) is 0 Å². The van der Waals surface area contributed by atoms with Crippen molar-refractivity contribution >= 4 is 54.5 Å². The minimum absolute atomic E-state index is 0. The monoisotopic (exact) mass is 277 g/mol. The number of anilines is 1. The second-order valence-electron chi connectivity index (χ2n) is 1.99. The van der Waals surface area contributed by atoms with Crippen LogP contribution in [0.5, 0.6) is 0 Å². The Kier molecular flexibility index (Phi) is 4.72. The molecule has 6 nitrogen and oxygen atoms in total. The molecule has 1 amide bonds. The van der Waals surface area contributed by atoms with E-state index in [1.807, 2.05) is 0 Å². The van der Waals surface area contributed by atoms with Crippen molar-refractivity contribution in [1.82, 2.24) is 10.2 Å². The molecule has 1 rings (SSSR count). The quantitative estimate of drug-likeness (QED) is 0.639. The third-order valence-electron chi connectivity index (χ3n) is 0.898. The fraction of sp³-hybridized carbons (Fsp3) is 0.250. The molecule has 1 N–H and O–H groups in total. The molecular formula is C4H5Cl2N3O3S2. The highest BCUT2D eigenvalue weighted by atomic mass is 35.7. The van der Waals surface area contributed by atoms with Gasteiger partial charge in [-0.2, -0.15) is 0 Å². The summed E-state index contributed by atoms with van der Waals surface area (Å²) in [7, 11) is 1.12. The molecule has 0 aliphatic heterocycles. The molecule has 10 heteroatoms. The first kappa shape index (κ1) is 13.6. The molecule has 0 fully saturated rings. The Bertz CT molecular complexity index is 429. The molecule has 0 aliphatic carbocycles. The van der Waals surface area contributed by atoms with Crippen molar-refractivity contribution < 1.29 is 13.2 Å². The topological polar surface area (TPSA) is 89.0 Å². The van der Waals surface area contributed by atoms with E-state index in [0.29, 0.717) is 11.3 Å². The third-order valence-corrected chi connectivity index (χ3v) is 3.65. The summed E-state index contributed by atoms with van der Waals surface area (Å²) in [5, 5.41) is 9.05. The van der Waals surface area contributed by atoms with Gasteiger partial charge in [0.15, 0.2) is 0 Å². The predicted octanol–water partition coefficient (Wildman–Crippen LogP) is 0.846. The lowest BCUT2D eigenvalue weighted by atomic mass is 10.7. The molecule has 0 aliphatic rings. The molecule has 14 heavy (non-hydrogen) atoms. The van der Waals surface area contributed by atoms with E-state index >= 15 is 0 Å². The van der Waals surface area contributed by atoms with Gasteiger partial charge in [-0.05, 0) is 0 Å². The van der Waals surface area contributed by atoms with Gasteiger partial charge in [-0.25, -0.2) is 8.42 Å². The number of rotatable bonds is 2. The van der Waals surface area contributed by atoms with Crippen molar-refractivity contribution in [2.75, 3.05) is 5.32 Å². The Morgan fingerprint density at radius 1 is 1.50 bits per heavy atom. The summed E-state index contributed by atoms with van der Waals surface area (Å²) in [6, 6.07) is 0. The van der Waals surface area contributed by atoms with Gasteiger partial charge >= 0.3 is 0 Å². The summed E-state index contributed by atoms with van der Waals surface area (Å²) in [6.45, 7) is 1.27. The van der Waals surface area contributed by atoms with E-state index in [2.05, 4.69) is 15.5 Å². The van der Waals surface area contributed by atoms with Crippen LogP contribution in [0.2, 0.25) is 0 Å². The molecule has 1 heterocycles. The largest absolute Gasteiger partial charge is 0.301 e. The number of hydrogen-bond donors (Lipinski definition) is 1. The van der Waals surface area contributed by atoms with Gasteiger partial charge in [0.1, 0.15) is 0 Å². The summed E-state index contributed by atoms with van der Waals surface area (Å²) >= 11 is 0.694. The van der Waals surface area contributed by atoms with E-state index in [-0.39, 0.29) is 27.8 Å². The Morgan fingerprint density at radius 3 is 2.43 bits per heavy atom. The van der Waals surface area contributed by atoms with Gasteiger partial charge in [-0.3, -0.25) is 4.79 Å². The lowest BCUT2D eigenvalue weighted by molar-refractivity contribution is -0.114. The van der Waals surface area contributed by atoms with Gasteiger partial charge in [-0.15, -0.1) is 22.6 Å². The second-order valence-corrected chi connectivity index (χ2v) is 5.71. The molecule has 0 bridgehead atoms. The van der Waals surface area contributed by atoms with Gasteiger partial charge < -0.3 is 5.32 Å². The summed E-state index contributed by atoms with van der Waals surface area (Å²) in [5.41, 5.74) is 0. The number of aromatic nitrogens is 2. The molecule has 0 spiro atoms. The van der Waals surface area contributed by atoms with Gasteiger partial charge in [0, 0.05) is 17.6 Å². The highest BCUT2D eigenvalue weighted by Crippen LogP contribution is 2.22. The second kappa shape index (κ2) is 4.87. The van der Waals surface area contributed by atoms with E-state index in [1.165, 1.54) is 6.92 Å². The van der Waals surface area contributed by atoms with Crippen LogP contribution in [0.3, 0.4) is 0 Å². The van der Waals surface area contributed by atoms with Crippen molar-refractivity contribution in [1.29, 1.82) is 0 Å². The maximum atomic E-state index is 10.7. The smallest absolute Gasteiger partial charge is 0.290 e. The number of nitrogens with one attached hydrogen (secondary N) is 1.